The molecule has 0 heterocycles. The molecule has 0 spiro atoms. The van der Waals surface area contributed by atoms with Gasteiger partial charge in [-0.05, 0) is 32.9 Å². The maximum Gasteiger partial charge on any atom is 0.0895 e. The van der Waals surface area contributed by atoms with Crippen molar-refractivity contribution in [3.63, 3.8) is 0 Å². The molecule has 0 aliphatic carbocycles. The highest BCUT2D eigenvalue weighted by Crippen LogP contribution is 2.23. The molecule has 0 bridgehead atoms. The van der Waals surface area contributed by atoms with Crippen molar-refractivity contribution in [1.29, 1.82) is 5.26 Å². The third-order valence-corrected chi connectivity index (χ3v) is 2.80. The fourth-order valence-corrected chi connectivity index (χ4v) is 1.78. The summed E-state index contributed by atoms with van der Waals surface area (Å²) < 4.78 is 0. The van der Waals surface area contributed by atoms with Crippen molar-refractivity contribution in [2.24, 2.45) is 4.99 Å². The molecule has 3 nitrogen and oxygen atoms in total. The molecule has 90 valence electrons. The van der Waals surface area contributed by atoms with Crippen LogP contribution in [0.25, 0.3) is 0 Å². The summed E-state index contributed by atoms with van der Waals surface area (Å²) in [7, 11) is 0. The van der Waals surface area contributed by atoms with Crippen LogP contribution in [-0.4, -0.2) is 23.3 Å². The van der Waals surface area contributed by atoms with E-state index in [4.69, 9.17) is 5.26 Å². The highest BCUT2D eigenvalue weighted by Gasteiger charge is 2.12. The molecule has 1 atom stereocenters. The largest absolute Gasteiger partial charge is 0.513 e. The molecule has 0 aromatic heterocycles. The molecule has 1 unspecified atom stereocenters. The number of rotatable bonds is 5. The number of aliphatic hydroxyl groups is 1. The number of allylic oxidation sites excluding steroid dienone is 3. The maximum atomic E-state index is 9.36. The van der Waals surface area contributed by atoms with Gasteiger partial charge in [0, 0.05) is 19.0 Å². The molecule has 0 amide bonds. The zero-order chi connectivity index (χ0) is 13.0. The first-order chi connectivity index (χ1) is 7.60. The second-order valence-electron chi connectivity index (χ2n) is 2.80. The molecule has 16 heavy (non-hydrogen) atoms. The first-order valence-electron chi connectivity index (χ1n) is 4.91. The molecule has 0 aliphatic rings. The predicted molar refractivity (Wildman–Crippen MR) is 72.9 cm³/mol. The lowest BCUT2D eigenvalue weighted by Gasteiger charge is -2.13. The van der Waals surface area contributed by atoms with Crippen LogP contribution in [-0.2, 0) is 0 Å². The molecule has 0 aromatic rings. The summed E-state index contributed by atoms with van der Waals surface area (Å²) in [6.45, 7) is 8.68. The second-order valence-corrected chi connectivity index (χ2v) is 3.84. The van der Waals surface area contributed by atoms with E-state index in [1.54, 1.807) is 23.9 Å². The molecular weight excluding hydrogens is 220 g/mol. The third kappa shape index (κ3) is 8.13. The van der Waals surface area contributed by atoms with E-state index in [-0.39, 0.29) is 5.25 Å². The van der Waals surface area contributed by atoms with Crippen LogP contribution < -0.4 is 0 Å². The smallest absolute Gasteiger partial charge is 0.0895 e. The molecular formula is C12H20N2OS. The van der Waals surface area contributed by atoms with Gasteiger partial charge in [0.05, 0.1) is 17.1 Å². The summed E-state index contributed by atoms with van der Waals surface area (Å²) in [5.41, 5.74) is 0.931. The molecule has 0 saturated carbocycles. The van der Waals surface area contributed by atoms with Crippen molar-refractivity contribution >= 4 is 18.5 Å². The van der Waals surface area contributed by atoms with Gasteiger partial charge in [-0.25, -0.2) is 0 Å². The minimum Gasteiger partial charge on any atom is -0.513 e. The van der Waals surface area contributed by atoms with Crippen LogP contribution in [0.15, 0.2) is 28.6 Å². The SMILES string of the molecule is C=N/C(=C/C)C(C/C(O)=C\C)SC.CC#N. The van der Waals surface area contributed by atoms with Crippen LogP contribution in [0, 0.1) is 11.3 Å². The van der Waals surface area contributed by atoms with Crippen molar-refractivity contribution in [3.8, 4) is 6.07 Å². The highest BCUT2D eigenvalue weighted by molar-refractivity contribution is 7.99. The summed E-state index contributed by atoms with van der Waals surface area (Å²) in [6.07, 6.45) is 6.26. The van der Waals surface area contributed by atoms with Crippen molar-refractivity contribution in [2.75, 3.05) is 6.26 Å². The Labute approximate surface area is 103 Å². The van der Waals surface area contributed by atoms with Gasteiger partial charge < -0.3 is 5.11 Å². The average molecular weight is 240 g/mol. The maximum absolute atomic E-state index is 9.36. The van der Waals surface area contributed by atoms with Crippen LogP contribution in [0.2, 0.25) is 0 Å². The Morgan fingerprint density at radius 3 is 2.31 bits per heavy atom. The van der Waals surface area contributed by atoms with Gasteiger partial charge in [-0.15, -0.1) is 0 Å². The van der Waals surface area contributed by atoms with Crippen LogP contribution >= 0.6 is 11.8 Å². The molecule has 0 fully saturated rings. The Kier molecular flexibility index (Phi) is 12.7. The van der Waals surface area contributed by atoms with Gasteiger partial charge >= 0.3 is 0 Å². The van der Waals surface area contributed by atoms with Gasteiger partial charge in [0.1, 0.15) is 0 Å². The van der Waals surface area contributed by atoms with Crippen molar-refractivity contribution in [1.82, 2.24) is 0 Å². The Hall–Kier alpha value is -1.21. The summed E-state index contributed by atoms with van der Waals surface area (Å²) >= 11 is 1.67. The van der Waals surface area contributed by atoms with Gasteiger partial charge in [-0.2, -0.15) is 17.0 Å². The quantitative estimate of drug-likeness (QED) is 0.588. The monoisotopic (exact) mass is 240 g/mol. The van der Waals surface area contributed by atoms with E-state index in [9.17, 15) is 5.11 Å². The summed E-state index contributed by atoms with van der Waals surface area (Å²) in [4.78, 5) is 3.92. The van der Waals surface area contributed by atoms with E-state index in [0.717, 1.165) is 5.70 Å². The molecule has 0 radical (unpaired) electrons. The Morgan fingerprint density at radius 1 is 1.56 bits per heavy atom. The van der Waals surface area contributed by atoms with Crippen molar-refractivity contribution < 1.29 is 5.11 Å². The summed E-state index contributed by atoms with van der Waals surface area (Å²) in [5, 5.41) is 16.9. The number of thioether (sulfide) groups is 1. The van der Waals surface area contributed by atoms with Crippen molar-refractivity contribution in [3.05, 3.63) is 23.6 Å². The lowest BCUT2D eigenvalue weighted by molar-refractivity contribution is 0.388. The Morgan fingerprint density at radius 2 is 2.06 bits per heavy atom. The van der Waals surface area contributed by atoms with Crippen LogP contribution in [0.1, 0.15) is 27.2 Å². The predicted octanol–water partition coefficient (Wildman–Crippen LogP) is 3.70. The number of aliphatic hydroxyl groups excluding tert-OH is 1. The first-order valence-corrected chi connectivity index (χ1v) is 6.20. The zero-order valence-electron chi connectivity index (χ0n) is 10.4. The molecule has 1 N–H and O–H groups in total. The molecule has 0 aliphatic heterocycles. The van der Waals surface area contributed by atoms with E-state index in [2.05, 4.69) is 11.7 Å². The van der Waals surface area contributed by atoms with Gasteiger partial charge in [0.2, 0.25) is 0 Å². The van der Waals surface area contributed by atoms with Crippen LogP contribution in [0.4, 0.5) is 0 Å². The van der Waals surface area contributed by atoms with Crippen LogP contribution in [0.3, 0.4) is 0 Å². The van der Waals surface area contributed by atoms with Gasteiger partial charge in [-0.3, -0.25) is 4.99 Å². The Bertz CT molecular complexity index is 290. The fraction of sp³-hybridized carbons (Fsp3) is 0.500. The number of aliphatic imine (C=N–C) groups is 1. The van der Waals surface area contributed by atoms with E-state index in [1.165, 1.54) is 6.92 Å². The minimum absolute atomic E-state index is 0.207. The van der Waals surface area contributed by atoms with Crippen LogP contribution in [0.5, 0.6) is 0 Å². The third-order valence-electron chi connectivity index (χ3n) is 1.82. The highest BCUT2D eigenvalue weighted by atomic mass is 32.2. The molecule has 0 saturated heterocycles. The van der Waals surface area contributed by atoms with Gasteiger partial charge in [0.15, 0.2) is 0 Å². The first kappa shape index (κ1) is 17.2. The number of hydrogen-bond donors (Lipinski definition) is 1. The number of hydrogen-bond acceptors (Lipinski definition) is 4. The van der Waals surface area contributed by atoms with E-state index < -0.39 is 0 Å². The average Bonchev–Trinajstić information content (AvgIpc) is 2.29. The van der Waals surface area contributed by atoms with Gasteiger partial charge in [-0.1, -0.05) is 6.08 Å². The van der Waals surface area contributed by atoms with E-state index >= 15 is 0 Å². The second kappa shape index (κ2) is 11.9. The van der Waals surface area contributed by atoms with Crippen molar-refractivity contribution in [2.45, 2.75) is 32.4 Å². The van der Waals surface area contributed by atoms with E-state index in [0.29, 0.717) is 12.2 Å². The Balaban J connectivity index is 0. The summed E-state index contributed by atoms with van der Waals surface area (Å²) in [5.74, 6) is 0.405. The molecule has 4 heteroatoms. The topological polar surface area (TPSA) is 56.4 Å². The number of nitrogens with zero attached hydrogens (tertiary/aromatic N) is 2. The standard InChI is InChI=1S/C10H17NOS.C2H3N/c1-5-8(12)7-10(13-4)9(6-2)11-3;1-2-3/h5-6,10,12H,3,7H2,1-2,4H3;1H3/b8-5+,9-6+;. The lowest BCUT2D eigenvalue weighted by Crippen LogP contribution is -2.05. The zero-order valence-corrected chi connectivity index (χ0v) is 11.2. The van der Waals surface area contributed by atoms with Gasteiger partial charge in [0.25, 0.3) is 0 Å². The molecule has 0 aromatic carbocycles. The summed E-state index contributed by atoms with van der Waals surface area (Å²) in [6, 6.07) is 1.75. The molecule has 0 rings (SSSR count). The minimum atomic E-state index is 0.207. The number of nitriles is 1. The van der Waals surface area contributed by atoms with E-state index in [1.807, 2.05) is 26.2 Å². The fourth-order valence-electron chi connectivity index (χ4n) is 0.995. The lowest BCUT2D eigenvalue weighted by atomic mass is 10.2. The normalized spacial score (nSPS) is 13.2.